The van der Waals surface area contributed by atoms with Crippen LogP contribution in [0.1, 0.15) is 39.0 Å². The van der Waals surface area contributed by atoms with Crippen LogP contribution in [0.5, 0.6) is 0 Å². The van der Waals surface area contributed by atoms with Gasteiger partial charge in [-0.05, 0) is 19.3 Å². The quantitative estimate of drug-likeness (QED) is 0.676. The number of rotatable bonds is 6. The summed E-state index contributed by atoms with van der Waals surface area (Å²) in [5.74, 6) is -1.13. The van der Waals surface area contributed by atoms with Crippen molar-refractivity contribution in [1.29, 1.82) is 0 Å². The van der Waals surface area contributed by atoms with E-state index in [4.69, 9.17) is 5.11 Å². The van der Waals surface area contributed by atoms with E-state index in [9.17, 15) is 9.59 Å². The van der Waals surface area contributed by atoms with Crippen LogP contribution in [0.2, 0.25) is 0 Å². The smallest absolute Gasteiger partial charge is 0.326 e. The maximum atomic E-state index is 11.7. The zero-order valence-corrected chi connectivity index (χ0v) is 9.61. The third-order valence-corrected chi connectivity index (χ3v) is 2.84. The number of unbranched alkanes of at least 4 members (excludes halogenated alkanes) is 1. The molecule has 1 aliphatic rings. The Balaban J connectivity index is 2.41. The monoisotopic (exact) mass is 225 g/mol. The topological polar surface area (TPSA) is 66.4 Å². The van der Waals surface area contributed by atoms with E-state index in [0.29, 0.717) is 6.42 Å². The van der Waals surface area contributed by atoms with E-state index in [2.05, 4.69) is 5.32 Å². The number of amides is 1. The molecule has 2 N–H and O–H groups in total. The Morgan fingerprint density at radius 2 is 2.06 bits per heavy atom. The number of hydrogen-bond donors (Lipinski definition) is 2. The van der Waals surface area contributed by atoms with Gasteiger partial charge in [-0.15, -0.1) is 0 Å². The highest BCUT2D eigenvalue weighted by molar-refractivity contribution is 5.85. The predicted molar refractivity (Wildman–Crippen MR) is 61.0 cm³/mol. The molecule has 0 aromatic carbocycles. The summed E-state index contributed by atoms with van der Waals surface area (Å²) in [6, 6.07) is -0.729. The number of carbonyl (C=O) groups excluding carboxylic acids is 1. The Kier molecular flexibility index (Phi) is 5.02. The Morgan fingerprint density at radius 1 is 1.44 bits per heavy atom. The molecule has 4 nitrogen and oxygen atoms in total. The van der Waals surface area contributed by atoms with Crippen LogP contribution in [0, 0.1) is 5.92 Å². The van der Waals surface area contributed by atoms with Crippen LogP contribution in [0.3, 0.4) is 0 Å². The van der Waals surface area contributed by atoms with Gasteiger partial charge in [0.2, 0.25) is 5.91 Å². The molecule has 0 saturated heterocycles. The average Bonchev–Trinajstić information content (AvgIpc) is 2.76. The van der Waals surface area contributed by atoms with Crippen molar-refractivity contribution in [2.75, 3.05) is 0 Å². The first kappa shape index (κ1) is 12.7. The minimum atomic E-state index is -0.937. The van der Waals surface area contributed by atoms with Crippen LogP contribution in [0.25, 0.3) is 0 Å². The number of nitrogens with one attached hydrogen (secondary N) is 1. The summed E-state index contributed by atoms with van der Waals surface area (Å²) in [4.78, 5) is 22.6. The van der Waals surface area contributed by atoms with Gasteiger partial charge >= 0.3 is 5.97 Å². The highest BCUT2D eigenvalue weighted by Crippen LogP contribution is 2.18. The van der Waals surface area contributed by atoms with Crippen LogP contribution < -0.4 is 5.32 Å². The second-order valence-electron chi connectivity index (χ2n) is 4.18. The van der Waals surface area contributed by atoms with Crippen molar-refractivity contribution >= 4 is 11.9 Å². The lowest BCUT2D eigenvalue weighted by Crippen LogP contribution is -2.43. The fraction of sp³-hybridized carbons (Fsp3) is 0.667. The third kappa shape index (κ3) is 3.68. The van der Waals surface area contributed by atoms with Crippen LogP contribution in [0.4, 0.5) is 0 Å². The molecule has 4 heteroatoms. The molecular formula is C12H19NO3. The molecule has 1 atom stereocenters. The molecule has 0 aromatic rings. The fourth-order valence-corrected chi connectivity index (χ4v) is 1.79. The zero-order valence-electron chi connectivity index (χ0n) is 9.61. The molecule has 0 fully saturated rings. The van der Waals surface area contributed by atoms with Crippen molar-refractivity contribution in [2.45, 2.75) is 45.1 Å². The summed E-state index contributed by atoms with van der Waals surface area (Å²) in [6.07, 6.45) is 7.65. The minimum Gasteiger partial charge on any atom is -0.480 e. The van der Waals surface area contributed by atoms with Crippen molar-refractivity contribution in [2.24, 2.45) is 5.92 Å². The highest BCUT2D eigenvalue weighted by atomic mass is 16.4. The fourth-order valence-electron chi connectivity index (χ4n) is 1.79. The van der Waals surface area contributed by atoms with Crippen LogP contribution in [0.15, 0.2) is 12.2 Å². The van der Waals surface area contributed by atoms with Crippen molar-refractivity contribution < 1.29 is 14.7 Å². The Hall–Kier alpha value is -1.32. The van der Waals surface area contributed by atoms with Gasteiger partial charge in [-0.1, -0.05) is 31.9 Å². The van der Waals surface area contributed by atoms with Gasteiger partial charge in [-0.3, -0.25) is 4.79 Å². The Bertz CT molecular complexity index is 278. The van der Waals surface area contributed by atoms with E-state index < -0.39 is 12.0 Å². The molecule has 16 heavy (non-hydrogen) atoms. The predicted octanol–water partition coefficient (Wildman–Crippen LogP) is 1.71. The van der Waals surface area contributed by atoms with Gasteiger partial charge < -0.3 is 10.4 Å². The molecule has 0 heterocycles. The SMILES string of the molecule is CCCCC(NC(=O)C1CC=CC1)C(=O)O. The van der Waals surface area contributed by atoms with Gasteiger partial charge in [0, 0.05) is 5.92 Å². The standard InChI is InChI=1S/C12H19NO3/c1-2-3-8-10(12(15)16)13-11(14)9-6-4-5-7-9/h4-5,9-10H,2-3,6-8H2,1H3,(H,13,14)(H,15,16). The molecule has 90 valence electrons. The second kappa shape index (κ2) is 6.30. The molecule has 1 rings (SSSR count). The molecule has 1 amide bonds. The first-order valence-electron chi connectivity index (χ1n) is 5.83. The number of carbonyl (C=O) groups is 2. The highest BCUT2D eigenvalue weighted by Gasteiger charge is 2.24. The maximum absolute atomic E-state index is 11.7. The van der Waals surface area contributed by atoms with E-state index in [1.165, 1.54) is 0 Å². The second-order valence-corrected chi connectivity index (χ2v) is 4.18. The lowest BCUT2D eigenvalue weighted by molar-refractivity contribution is -0.142. The molecule has 1 aliphatic carbocycles. The van der Waals surface area contributed by atoms with E-state index >= 15 is 0 Å². The van der Waals surface area contributed by atoms with Gasteiger partial charge in [0.15, 0.2) is 0 Å². The van der Waals surface area contributed by atoms with Gasteiger partial charge in [-0.25, -0.2) is 4.79 Å². The number of hydrogen-bond acceptors (Lipinski definition) is 2. The molecule has 0 radical (unpaired) electrons. The van der Waals surface area contributed by atoms with Crippen molar-refractivity contribution in [3.63, 3.8) is 0 Å². The molecule has 0 saturated carbocycles. The third-order valence-electron chi connectivity index (χ3n) is 2.84. The largest absolute Gasteiger partial charge is 0.480 e. The lowest BCUT2D eigenvalue weighted by Gasteiger charge is -2.16. The molecule has 1 unspecified atom stereocenters. The number of carboxylic acid groups (broad SMARTS) is 1. The summed E-state index contributed by atoms with van der Waals surface area (Å²) in [5.41, 5.74) is 0. The number of carboxylic acids is 1. The van der Waals surface area contributed by atoms with E-state index in [-0.39, 0.29) is 11.8 Å². The van der Waals surface area contributed by atoms with Gasteiger partial charge in [0.05, 0.1) is 0 Å². The molecule has 0 spiro atoms. The average molecular weight is 225 g/mol. The van der Waals surface area contributed by atoms with Crippen molar-refractivity contribution in [3.05, 3.63) is 12.2 Å². The Morgan fingerprint density at radius 3 is 2.56 bits per heavy atom. The molecule has 0 aliphatic heterocycles. The van der Waals surface area contributed by atoms with E-state index in [1.54, 1.807) is 0 Å². The minimum absolute atomic E-state index is 0.0662. The number of aliphatic carboxylic acids is 1. The molecule has 0 bridgehead atoms. The summed E-state index contributed by atoms with van der Waals surface area (Å²) < 4.78 is 0. The zero-order chi connectivity index (χ0) is 12.0. The number of allylic oxidation sites excluding steroid dienone is 2. The van der Waals surface area contributed by atoms with E-state index in [0.717, 1.165) is 25.7 Å². The van der Waals surface area contributed by atoms with Crippen LogP contribution in [-0.2, 0) is 9.59 Å². The van der Waals surface area contributed by atoms with Crippen molar-refractivity contribution in [3.8, 4) is 0 Å². The maximum Gasteiger partial charge on any atom is 0.326 e. The lowest BCUT2D eigenvalue weighted by atomic mass is 10.0. The first-order chi connectivity index (χ1) is 7.65. The van der Waals surface area contributed by atoms with Crippen molar-refractivity contribution in [1.82, 2.24) is 5.32 Å². The molecule has 0 aromatic heterocycles. The van der Waals surface area contributed by atoms with E-state index in [1.807, 2.05) is 19.1 Å². The van der Waals surface area contributed by atoms with Gasteiger partial charge in [0.1, 0.15) is 6.04 Å². The normalized spacial score (nSPS) is 17.3. The Labute approximate surface area is 95.7 Å². The summed E-state index contributed by atoms with van der Waals surface area (Å²) in [6.45, 7) is 2.00. The first-order valence-corrected chi connectivity index (χ1v) is 5.83. The van der Waals surface area contributed by atoms with Crippen LogP contribution >= 0.6 is 0 Å². The molecular weight excluding hydrogens is 206 g/mol. The summed E-state index contributed by atoms with van der Waals surface area (Å²) in [7, 11) is 0. The summed E-state index contributed by atoms with van der Waals surface area (Å²) in [5, 5.41) is 11.6. The summed E-state index contributed by atoms with van der Waals surface area (Å²) >= 11 is 0. The van der Waals surface area contributed by atoms with Gasteiger partial charge in [-0.2, -0.15) is 0 Å². The van der Waals surface area contributed by atoms with Crippen LogP contribution in [-0.4, -0.2) is 23.0 Å². The van der Waals surface area contributed by atoms with Gasteiger partial charge in [0.25, 0.3) is 0 Å².